The van der Waals surface area contributed by atoms with Crippen LogP contribution in [0.2, 0.25) is 0 Å². The maximum Gasteiger partial charge on any atom is 0.182 e. The molecule has 0 radical (unpaired) electrons. The van der Waals surface area contributed by atoms with E-state index in [9.17, 15) is 13.6 Å². The van der Waals surface area contributed by atoms with E-state index in [2.05, 4.69) is 0 Å². The zero-order valence-corrected chi connectivity index (χ0v) is 12.9. The normalized spacial score (nSPS) is 13.9. The summed E-state index contributed by atoms with van der Waals surface area (Å²) in [5.41, 5.74) is 0.176. The van der Waals surface area contributed by atoms with Crippen LogP contribution in [0.4, 0.5) is 0 Å². The molecule has 0 aliphatic heterocycles. The molecule has 0 unspecified atom stereocenters. The van der Waals surface area contributed by atoms with E-state index in [1.165, 1.54) is 18.3 Å². The summed E-state index contributed by atoms with van der Waals surface area (Å²) in [5, 5.41) is 11.3. The lowest BCUT2D eigenvalue weighted by Crippen LogP contribution is -2.29. The van der Waals surface area contributed by atoms with E-state index >= 15 is 0 Å². The fourth-order valence-corrected chi connectivity index (χ4v) is 2.40. The van der Waals surface area contributed by atoms with E-state index in [0.29, 0.717) is 5.56 Å². The first-order valence-corrected chi connectivity index (χ1v) is 7.75. The van der Waals surface area contributed by atoms with Gasteiger partial charge in [0.15, 0.2) is 21.6 Å². The largest absolute Gasteiger partial charge is 0.623 e. The molecule has 1 rings (SSSR count). The third kappa shape index (κ3) is 3.80. The van der Waals surface area contributed by atoms with Gasteiger partial charge in [-0.25, -0.2) is 13.2 Å². The standard InChI is InChI=1S/C14H21NO3S/c1-11(2)19(17,18)13-8-6-12(7-9-13)10-15(16)14(3,4)5/h6-11H,1-5H3. The topological polar surface area (TPSA) is 60.2 Å². The molecule has 5 heteroatoms. The summed E-state index contributed by atoms with van der Waals surface area (Å²) >= 11 is 0. The van der Waals surface area contributed by atoms with Gasteiger partial charge in [0.2, 0.25) is 0 Å². The van der Waals surface area contributed by atoms with Crippen LogP contribution in [0.1, 0.15) is 40.2 Å². The van der Waals surface area contributed by atoms with E-state index in [-0.39, 0.29) is 4.90 Å². The Bertz CT molecular complexity index is 564. The number of hydrogen-bond acceptors (Lipinski definition) is 3. The number of sulfone groups is 1. The van der Waals surface area contributed by atoms with Crippen LogP contribution in [-0.2, 0) is 9.84 Å². The molecule has 0 spiro atoms. The van der Waals surface area contributed by atoms with Crippen LogP contribution >= 0.6 is 0 Å². The highest BCUT2D eigenvalue weighted by molar-refractivity contribution is 7.92. The second-order valence-corrected chi connectivity index (χ2v) is 8.29. The van der Waals surface area contributed by atoms with Crippen LogP contribution in [0, 0.1) is 5.21 Å². The first-order valence-electron chi connectivity index (χ1n) is 6.20. The van der Waals surface area contributed by atoms with Gasteiger partial charge < -0.3 is 5.21 Å². The summed E-state index contributed by atoms with van der Waals surface area (Å²) in [6.07, 6.45) is 1.46. The number of rotatable bonds is 3. The summed E-state index contributed by atoms with van der Waals surface area (Å²) < 4.78 is 24.7. The van der Waals surface area contributed by atoms with E-state index in [1.807, 2.05) is 20.8 Å². The fourth-order valence-electron chi connectivity index (χ4n) is 1.34. The van der Waals surface area contributed by atoms with Crippen molar-refractivity contribution in [3.05, 3.63) is 35.0 Å². The smallest absolute Gasteiger partial charge is 0.182 e. The average molecular weight is 283 g/mol. The molecule has 0 aliphatic rings. The third-order valence-corrected chi connectivity index (χ3v) is 4.93. The monoisotopic (exact) mass is 283 g/mol. The van der Waals surface area contributed by atoms with Gasteiger partial charge in [-0.1, -0.05) is 0 Å². The van der Waals surface area contributed by atoms with Crippen molar-refractivity contribution < 1.29 is 13.2 Å². The lowest BCUT2D eigenvalue weighted by atomic mass is 10.1. The predicted octanol–water partition coefficient (Wildman–Crippen LogP) is 2.60. The molecule has 19 heavy (non-hydrogen) atoms. The molecule has 4 nitrogen and oxygen atoms in total. The Morgan fingerprint density at radius 2 is 1.63 bits per heavy atom. The summed E-state index contributed by atoms with van der Waals surface area (Å²) in [4.78, 5) is 0.285. The Balaban J connectivity index is 3.09. The first-order chi connectivity index (χ1) is 8.55. The van der Waals surface area contributed by atoms with Gasteiger partial charge in [-0.3, -0.25) is 0 Å². The summed E-state index contributed by atoms with van der Waals surface area (Å²) in [6, 6.07) is 6.37. The molecular formula is C14H21NO3S. The molecular weight excluding hydrogens is 262 g/mol. The van der Waals surface area contributed by atoms with Crippen molar-refractivity contribution >= 4 is 16.1 Å². The SMILES string of the molecule is CC(C)S(=O)(=O)c1ccc(C=[N+]([O-])C(C)(C)C)cc1. The average Bonchev–Trinajstić information content (AvgIpc) is 2.28. The Labute approximate surface area is 115 Å². The van der Waals surface area contributed by atoms with Crippen LogP contribution in [0.25, 0.3) is 0 Å². The van der Waals surface area contributed by atoms with Crippen molar-refractivity contribution in [1.82, 2.24) is 0 Å². The van der Waals surface area contributed by atoms with Gasteiger partial charge in [-0.2, -0.15) is 0 Å². The van der Waals surface area contributed by atoms with Crippen molar-refractivity contribution in [2.24, 2.45) is 0 Å². The zero-order valence-electron chi connectivity index (χ0n) is 12.0. The quantitative estimate of drug-likeness (QED) is 0.371. The predicted molar refractivity (Wildman–Crippen MR) is 77.3 cm³/mol. The van der Waals surface area contributed by atoms with E-state index in [1.54, 1.807) is 26.0 Å². The van der Waals surface area contributed by atoms with E-state index in [4.69, 9.17) is 0 Å². The fraction of sp³-hybridized carbons (Fsp3) is 0.500. The van der Waals surface area contributed by atoms with Crippen LogP contribution in [0.15, 0.2) is 29.2 Å². The van der Waals surface area contributed by atoms with Gasteiger partial charge in [0.1, 0.15) is 0 Å². The minimum Gasteiger partial charge on any atom is -0.623 e. The molecule has 0 amide bonds. The minimum atomic E-state index is -3.26. The van der Waals surface area contributed by atoms with Gasteiger partial charge in [0.25, 0.3) is 0 Å². The molecule has 0 saturated heterocycles. The van der Waals surface area contributed by atoms with Gasteiger partial charge in [-0.05, 0) is 38.1 Å². The molecule has 0 heterocycles. The van der Waals surface area contributed by atoms with Gasteiger partial charge in [-0.15, -0.1) is 0 Å². The molecule has 0 N–H and O–H groups in total. The lowest BCUT2D eigenvalue weighted by Gasteiger charge is -2.18. The molecule has 0 atom stereocenters. The maximum atomic E-state index is 11.9. The Hall–Kier alpha value is -1.36. The highest BCUT2D eigenvalue weighted by Crippen LogP contribution is 2.16. The highest BCUT2D eigenvalue weighted by Gasteiger charge is 2.20. The Morgan fingerprint density at radius 1 is 1.16 bits per heavy atom. The number of nitrogens with zero attached hydrogens (tertiary/aromatic N) is 1. The second kappa shape index (κ2) is 5.33. The summed E-state index contributed by atoms with van der Waals surface area (Å²) in [5.74, 6) is 0. The van der Waals surface area contributed by atoms with Crippen molar-refractivity contribution in [3.63, 3.8) is 0 Å². The first kappa shape index (κ1) is 15.7. The summed E-state index contributed by atoms with van der Waals surface area (Å²) in [7, 11) is -3.26. The van der Waals surface area contributed by atoms with Crippen molar-refractivity contribution in [1.29, 1.82) is 0 Å². The van der Waals surface area contributed by atoms with Crippen LogP contribution in [-0.4, -0.2) is 30.2 Å². The zero-order chi connectivity index (χ0) is 14.8. The van der Waals surface area contributed by atoms with Crippen molar-refractivity contribution in [2.75, 3.05) is 0 Å². The molecule has 0 aliphatic carbocycles. The maximum absolute atomic E-state index is 11.9. The van der Waals surface area contributed by atoms with Gasteiger partial charge in [0.05, 0.1) is 10.1 Å². The van der Waals surface area contributed by atoms with Gasteiger partial charge >= 0.3 is 0 Å². The van der Waals surface area contributed by atoms with E-state index in [0.717, 1.165) is 4.74 Å². The molecule has 0 bridgehead atoms. The molecule has 0 fully saturated rings. The highest BCUT2D eigenvalue weighted by atomic mass is 32.2. The Kier molecular flexibility index (Phi) is 4.40. The second-order valence-electron chi connectivity index (χ2n) is 5.79. The van der Waals surface area contributed by atoms with Gasteiger partial charge in [0, 0.05) is 26.3 Å². The molecule has 1 aromatic rings. The van der Waals surface area contributed by atoms with E-state index < -0.39 is 20.6 Å². The summed E-state index contributed by atoms with van der Waals surface area (Å²) in [6.45, 7) is 8.74. The lowest BCUT2D eigenvalue weighted by molar-refractivity contribution is -0.530. The molecule has 0 saturated carbocycles. The number of benzene rings is 1. The van der Waals surface area contributed by atoms with Crippen LogP contribution < -0.4 is 0 Å². The minimum absolute atomic E-state index is 0.285. The van der Waals surface area contributed by atoms with Crippen LogP contribution in [0.3, 0.4) is 0 Å². The molecule has 0 aromatic heterocycles. The van der Waals surface area contributed by atoms with Crippen molar-refractivity contribution in [3.8, 4) is 0 Å². The third-order valence-electron chi connectivity index (χ3n) is 2.76. The van der Waals surface area contributed by atoms with Crippen LogP contribution in [0.5, 0.6) is 0 Å². The Morgan fingerprint density at radius 3 is 2.00 bits per heavy atom. The molecule has 106 valence electrons. The number of hydrogen-bond donors (Lipinski definition) is 0. The van der Waals surface area contributed by atoms with Crippen molar-refractivity contribution in [2.45, 2.75) is 50.3 Å². The molecule has 1 aromatic carbocycles. The number of hydroxylamine groups is 1.